The molecule has 6 heteroatoms. The highest BCUT2D eigenvalue weighted by Crippen LogP contribution is 2.30. The molecule has 0 fully saturated rings. The third-order valence-corrected chi connectivity index (χ3v) is 3.88. The van der Waals surface area contributed by atoms with E-state index < -0.39 is 12.5 Å². The summed E-state index contributed by atoms with van der Waals surface area (Å²) in [6.07, 6.45) is -2.08. The quantitative estimate of drug-likeness (QED) is 0.629. The topological polar surface area (TPSA) is 48.3 Å². The number of hydrogen-bond donors (Lipinski definition) is 0. The zero-order chi connectivity index (χ0) is 18.0. The Kier molecular flexibility index (Phi) is 4.61. The van der Waals surface area contributed by atoms with Crippen LogP contribution in [0.25, 0.3) is 10.9 Å². The van der Waals surface area contributed by atoms with Gasteiger partial charge in [0.2, 0.25) is 0 Å². The fraction of sp³-hybridized carbons (Fsp3) is 0.158. The Morgan fingerprint density at radius 3 is 2.48 bits per heavy atom. The Bertz CT molecular complexity index is 932. The Hall–Kier alpha value is -3.02. The van der Waals surface area contributed by atoms with Crippen molar-refractivity contribution in [2.24, 2.45) is 0 Å². The highest BCUT2D eigenvalue weighted by Gasteiger charge is 2.19. The molecule has 0 bridgehead atoms. The van der Waals surface area contributed by atoms with Crippen LogP contribution >= 0.6 is 0 Å². The second-order valence-electron chi connectivity index (χ2n) is 5.58. The fourth-order valence-corrected chi connectivity index (χ4v) is 2.60. The minimum absolute atomic E-state index is 0.0629. The van der Waals surface area contributed by atoms with Gasteiger partial charge in [0.15, 0.2) is 5.78 Å². The number of ether oxygens (including phenoxy) is 1. The number of fused-ring (bicyclic) bond motifs is 1. The second-order valence-corrected chi connectivity index (χ2v) is 5.58. The monoisotopic (exact) mass is 343 g/mol. The largest absolute Gasteiger partial charge is 0.444 e. The fourth-order valence-electron chi connectivity index (χ4n) is 2.60. The Labute approximate surface area is 142 Å². The predicted octanol–water partition coefficient (Wildman–Crippen LogP) is 4.97. The van der Waals surface area contributed by atoms with Gasteiger partial charge in [-0.15, -0.1) is 0 Å². The maximum Gasteiger partial charge on any atom is 0.418 e. The van der Waals surface area contributed by atoms with E-state index >= 15 is 0 Å². The number of Topliss-reactive ketones (excluding diaryl/α,β-unsaturated/α-hetero) is 1. The summed E-state index contributed by atoms with van der Waals surface area (Å²) in [4.78, 5) is 23.9. The number of hydrogen-bond acceptors (Lipinski definition) is 3. The molecule has 0 radical (unpaired) electrons. The van der Waals surface area contributed by atoms with Gasteiger partial charge >= 0.3 is 6.09 Å². The summed E-state index contributed by atoms with van der Waals surface area (Å²) in [5.74, 6) is -0.353. The van der Waals surface area contributed by atoms with Crippen LogP contribution in [0.3, 0.4) is 0 Å². The molecule has 1 heterocycles. The molecule has 0 N–H and O–H groups in total. The molecule has 4 nitrogen and oxygen atoms in total. The molecule has 0 saturated heterocycles. The SMILES string of the molecule is CC(=O)c1cc(C(F)F)c2ccn(C(=O)OCc3ccccc3)c2c1. The van der Waals surface area contributed by atoms with Crippen molar-refractivity contribution in [3.63, 3.8) is 0 Å². The predicted molar refractivity (Wildman–Crippen MR) is 88.9 cm³/mol. The van der Waals surface area contributed by atoms with Crippen LogP contribution in [-0.4, -0.2) is 16.4 Å². The molecule has 3 rings (SSSR count). The summed E-state index contributed by atoms with van der Waals surface area (Å²) < 4.78 is 32.9. The molecule has 2 aromatic carbocycles. The van der Waals surface area contributed by atoms with Crippen LogP contribution in [0.4, 0.5) is 13.6 Å². The molecule has 3 aromatic rings. The molecule has 0 aliphatic rings. The Morgan fingerprint density at radius 2 is 1.84 bits per heavy atom. The van der Waals surface area contributed by atoms with Crippen LogP contribution in [0.2, 0.25) is 0 Å². The van der Waals surface area contributed by atoms with E-state index in [2.05, 4.69) is 0 Å². The molecule has 25 heavy (non-hydrogen) atoms. The average molecular weight is 343 g/mol. The van der Waals surface area contributed by atoms with E-state index in [0.717, 1.165) is 16.2 Å². The number of aromatic nitrogens is 1. The van der Waals surface area contributed by atoms with E-state index in [1.165, 1.54) is 25.3 Å². The van der Waals surface area contributed by atoms with E-state index in [4.69, 9.17) is 4.74 Å². The van der Waals surface area contributed by atoms with E-state index in [1.807, 2.05) is 30.3 Å². The van der Waals surface area contributed by atoms with Crippen molar-refractivity contribution in [1.29, 1.82) is 0 Å². The smallest absolute Gasteiger partial charge is 0.418 e. The Balaban J connectivity index is 1.96. The maximum absolute atomic E-state index is 13.3. The van der Waals surface area contributed by atoms with E-state index in [-0.39, 0.29) is 34.4 Å². The average Bonchev–Trinajstić information content (AvgIpc) is 3.03. The van der Waals surface area contributed by atoms with Gasteiger partial charge in [-0.25, -0.2) is 13.6 Å². The van der Waals surface area contributed by atoms with E-state index in [1.54, 1.807) is 0 Å². The molecular weight excluding hydrogens is 328 g/mol. The number of alkyl halides is 2. The molecule has 1 aromatic heterocycles. The Morgan fingerprint density at radius 1 is 1.12 bits per heavy atom. The lowest BCUT2D eigenvalue weighted by Gasteiger charge is -2.09. The minimum atomic E-state index is -2.75. The van der Waals surface area contributed by atoms with Gasteiger partial charge in [0.05, 0.1) is 5.52 Å². The van der Waals surface area contributed by atoms with Crippen LogP contribution in [0.15, 0.2) is 54.7 Å². The molecular formula is C19H15F2NO3. The molecule has 0 aliphatic carbocycles. The molecule has 0 saturated carbocycles. The van der Waals surface area contributed by atoms with Crippen LogP contribution in [0, 0.1) is 0 Å². The third kappa shape index (κ3) is 3.42. The van der Waals surface area contributed by atoms with Gasteiger partial charge in [-0.1, -0.05) is 30.3 Å². The van der Waals surface area contributed by atoms with Gasteiger partial charge in [0, 0.05) is 22.7 Å². The first-order valence-corrected chi connectivity index (χ1v) is 7.62. The van der Waals surface area contributed by atoms with Crippen molar-refractivity contribution < 1.29 is 23.1 Å². The molecule has 128 valence electrons. The summed E-state index contributed by atoms with van der Waals surface area (Å²) in [6, 6.07) is 13.1. The number of ketones is 1. The maximum atomic E-state index is 13.3. The van der Waals surface area contributed by atoms with Crippen LogP contribution < -0.4 is 0 Å². The van der Waals surface area contributed by atoms with Crippen molar-refractivity contribution in [1.82, 2.24) is 4.57 Å². The summed E-state index contributed by atoms with van der Waals surface area (Å²) >= 11 is 0. The van der Waals surface area contributed by atoms with E-state index in [9.17, 15) is 18.4 Å². The van der Waals surface area contributed by atoms with Crippen molar-refractivity contribution in [2.45, 2.75) is 20.0 Å². The van der Waals surface area contributed by atoms with Crippen LogP contribution in [0.1, 0.15) is 34.8 Å². The van der Waals surface area contributed by atoms with Gasteiger partial charge in [-0.3, -0.25) is 9.36 Å². The number of carbonyl (C=O) groups excluding carboxylic acids is 2. The van der Waals surface area contributed by atoms with Gasteiger partial charge in [-0.05, 0) is 30.7 Å². The summed E-state index contributed by atoms with van der Waals surface area (Å²) in [5.41, 5.74) is 0.877. The first kappa shape index (κ1) is 16.8. The third-order valence-electron chi connectivity index (χ3n) is 3.88. The summed E-state index contributed by atoms with van der Waals surface area (Å²) in [5, 5.41) is 0.219. The van der Waals surface area contributed by atoms with Crippen molar-refractivity contribution >= 4 is 22.8 Å². The second kappa shape index (κ2) is 6.84. The number of rotatable bonds is 4. The van der Waals surface area contributed by atoms with E-state index in [0.29, 0.717) is 0 Å². The molecule has 0 spiro atoms. The molecule has 0 atom stereocenters. The van der Waals surface area contributed by atoms with Crippen molar-refractivity contribution in [3.05, 3.63) is 71.4 Å². The number of halogens is 2. The standard InChI is InChI=1S/C19H15F2NO3/c1-12(23)14-9-16(18(20)21)15-7-8-22(17(15)10-14)19(24)25-11-13-5-3-2-4-6-13/h2-10,18H,11H2,1H3. The minimum Gasteiger partial charge on any atom is -0.444 e. The number of carbonyl (C=O) groups is 2. The molecule has 0 unspecified atom stereocenters. The summed E-state index contributed by atoms with van der Waals surface area (Å²) in [6.45, 7) is 1.35. The zero-order valence-corrected chi connectivity index (χ0v) is 13.4. The first-order chi connectivity index (χ1) is 12.0. The van der Waals surface area contributed by atoms with Crippen molar-refractivity contribution in [2.75, 3.05) is 0 Å². The highest BCUT2D eigenvalue weighted by molar-refractivity contribution is 6.01. The highest BCUT2D eigenvalue weighted by atomic mass is 19.3. The number of benzene rings is 2. The number of nitrogens with zero attached hydrogens (tertiary/aromatic N) is 1. The van der Waals surface area contributed by atoms with Gasteiger partial charge in [-0.2, -0.15) is 0 Å². The van der Waals surface area contributed by atoms with Crippen molar-refractivity contribution in [3.8, 4) is 0 Å². The lowest BCUT2D eigenvalue weighted by molar-refractivity contribution is 0.101. The normalized spacial score (nSPS) is 11.0. The van der Waals surface area contributed by atoms with Gasteiger partial charge < -0.3 is 4.74 Å². The van der Waals surface area contributed by atoms with Gasteiger partial charge in [0.25, 0.3) is 6.43 Å². The van der Waals surface area contributed by atoms with Crippen LogP contribution in [0.5, 0.6) is 0 Å². The first-order valence-electron chi connectivity index (χ1n) is 7.62. The summed E-state index contributed by atoms with van der Waals surface area (Å²) in [7, 11) is 0. The lowest BCUT2D eigenvalue weighted by Crippen LogP contribution is -2.12. The van der Waals surface area contributed by atoms with Crippen LogP contribution in [-0.2, 0) is 11.3 Å². The van der Waals surface area contributed by atoms with Gasteiger partial charge in [0.1, 0.15) is 6.61 Å². The lowest BCUT2D eigenvalue weighted by atomic mass is 10.0. The molecule has 0 aliphatic heterocycles. The zero-order valence-electron chi connectivity index (χ0n) is 13.4. The molecule has 0 amide bonds.